The molecule has 21 heavy (non-hydrogen) atoms. The van der Waals surface area contributed by atoms with Crippen LogP contribution in [0.15, 0.2) is 54.9 Å². The molecular formula is C14H11N5O2. The maximum atomic E-state index is 10.9. The Morgan fingerprint density at radius 1 is 1.14 bits per heavy atom. The zero-order valence-corrected chi connectivity index (χ0v) is 10.9. The summed E-state index contributed by atoms with van der Waals surface area (Å²) in [6.07, 6.45) is 3.42. The first-order valence-corrected chi connectivity index (χ1v) is 6.16. The Bertz CT molecular complexity index is 798. The molecule has 3 rings (SSSR count). The molecule has 104 valence electrons. The van der Waals surface area contributed by atoms with Gasteiger partial charge in [-0.1, -0.05) is 30.3 Å². The number of nitrogen functional groups attached to an aromatic ring is 1. The van der Waals surface area contributed by atoms with Crippen molar-refractivity contribution in [3.8, 4) is 16.9 Å². The summed E-state index contributed by atoms with van der Waals surface area (Å²) in [4.78, 5) is 14.4. The molecule has 0 saturated carbocycles. The minimum Gasteiger partial charge on any atom is -0.383 e. The van der Waals surface area contributed by atoms with E-state index in [4.69, 9.17) is 5.73 Å². The molecule has 7 heteroatoms. The van der Waals surface area contributed by atoms with Gasteiger partial charge >= 0.3 is 0 Å². The molecule has 2 aromatic heterocycles. The third-order valence-electron chi connectivity index (χ3n) is 2.95. The first-order valence-electron chi connectivity index (χ1n) is 6.16. The number of benzene rings is 1. The van der Waals surface area contributed by atoms with Gasteiger partial charge < -0.3 is 5.73 Å². The van der Waals surface area contributed by atoms with Crippen LogP contribution in [0.25, 0.3) is 16.9 Å². The largest absolute Gasteiger partial charge is 0.383 e. The molecule has 7 nitrogen and oxygen atoms in total. The number of nitrogens with zero attached hydrogens (tertiary/aromatic N) is 4. The van der Waals surface area contributed by atoms with Crippen LogP contribution in [0.1, 0.15) is 0 Å². The van der Waals surface area contributed by atoms with Gasteiger partial charge in [-0.2, -0.15) is 5.10 Å². The van der Waals surface area contributed by atoms with Crippen molar-refractivity contribution < 1.29 is 4.92 Å². The molecule has 3 aromatic rings. The summed E-state index contributed by atoms with van der Waals surface area (Å²) in [6.45, 7) is 0. The molecule has 0 saturated heterocycles. The van der Waals surface area contributed by atoms with Gasteiger partial charge in [-0.15, -0.1) is 0 Å². The Kier molecular flexibility index (Phi) is 3.07. The molecule has 0 atom stereocenters. The molecule has 0 bridgehead atoms. The molecule has 0 radical (unpaired) electrons. The van der Waals surface area contributed by atoms with Crippen molar-refractivity contribution in [2.24, 2.45) is 0 Å². The van der Waals surface area contributed by atoms with E-state index in [1.807, 2.05) is 30.3 Å². The van der Waals surface area contributed by atoms with Crippen LogP contribution in [-0.4, -0.2) is 19.7 Å². The van der Waals surface area contributed by atoms with Gasteiger partial charge in [0.1, 0.15) is 5.82 Å². The van der Waals surface area contributed by atoms with Gasteiger partial charge in [0.25, 0.3) is 5.69 Å². The maximum Gasteiger partial charge on any atom is 0.276 e. The molecule has 0 fully saturated rings. The van der Waals surface area contributed by atoms with Gasteiger partial charge in [0, 0.05) is 11.8 Å². The summed E-state index contributed by atoms with van der Waals surface area (Å²) in [7, 11) is 0. The van der Waals surface area contributed by atoms with Gasteiger partial charge in [-0.25, -0.2) is 9.67 Å². The van der Waals surface area contributed by atoms with E-state index in [-0.39, 0.29) is 11.5 Å². The van der Waals surface area contributed by atoms with E-state index < -0.39 is 4.92 Å². The standard InChI is InChI=1S/C14H11N5O2/c15-13-6-12(19(20)21)7-14(17-13)18-9-11(8-16-18)10-4-2-1-3-5-10/h1-9H,(H2,15,17). The first-order chi connectivity index (χ1) is 10.1. The van der Waals surface area contributed by atoms with Crippen LogP contribution in [0.5, 0.6) is 0 Å². The van der Waals surface area contributed by atoms with Crippen LogP contribution in [0.2, 0.25) is 0 Å². The smallest absolute Gasteiger partial charge is 0.276 e. The Morgan fingerprint density at radius 3 is 2.62 bits per heavy atom. The average Bonchev–Trinajstić information content (AvgIpc) is 2.97. The lowest BCUT2D eigenvalue weighted by Crippen LogP contribution is -2.02. The minimum absolute atomic E-state index is 0.0796. The minimum atomic E-state index is -0.511. The molecular weight excluding hydrogens is 270 g/mol. The SMILES string of the molecule is Nc1cc([N+](=O)[O-])cc(-n2cc(-c3ccccc3)cn2)n1. The Hall–Kier alpha value is -3.22. The number of anilines is 1. The topological polar surface area (TPSA) is 99.9 Å². The van der Waals surface area contributed by atoms with E-state index in [1.54, 1.807) is 12.4 Å². The highest BCUT2D eigenvalue weighted by Gasteiger charge is 2.12. The summed E-state index contributed by atoms with van der Waals surface area (Å²) in [5.74, 6) is 0.389. The summed E-state index contributed by atoms with van der Waals surface area (Å²) in [6, 6.07) is 12.2. The number of aromatic nitrogens is 3. The van der Waals surface area contributed by atoms with Crippen molar-refractivity contribution in [2.45, 2.75) is 0 Å². The van der Waals surface area contributed by atoms with Crippen molar-refractivity contribution >= 4 is 11.5 Å². The molecule has 0 amide bonds. The van der Waals surface area contributed by atoms with Gasteiger partial charge in [-0.05, 0) is 5.56 Å². The number of hydrogen-bond acceptors (Lipinski definition) is 5. The fourth-order valence-electron chi connectivity index (χ4n) is 1.97. The van der Waals surface area contributed by atoms with Gasteiger partial charge in [0.15, 0.2) is 5.82 Å². The van der Waals surface area contributed by atoms with Crippen LogP contribution in [-0.2, 0) is 0 Å². The predicted octanol–water partition coefficient (Wildman–Crippen LogP) is 2.42. The zero-order chi connectivity index (χ0) is 14.8. The number of hydrogen-bond donors (Lipinski definition) is 1. The number of nitro groups is 1. The number of nitrogens with two attached hydrogens (primary N) is 1. The molecule has 2 heterocycles. The zero-order valence-electron chi connectivity index (χ0n) is 10.9. The summed E-state index contributed by atoms with van der Waals surface area (Å²) in [5.41, 5.74) is 7.37. The molecule has 0 aliphatic carbocycles. The second-order valence-electron chi connectivity index (χ2n) is 4.41. The number of rotatable bonds is 3. The van der Waals surface area contributed by atoms with E-state index in [1.165, 1.54) is 16.8 Å². The fourth-order valence-corrected chi connectivity index (χ4v) is 1.97. The summed E-state index contributed by atoms with van der Waals surface area (Å²) in [5, 5.41) is 15.0. The van der Waals surface area contributed by atoms with Crippen molar-refractivity contribution in [2.75, 3.05) is 5.73 Å². The van der Waals surface area contributed by atoms with Crippen LogP contribution >= 0.6 is 0 Å². The Morgan fingerprint density at radius 2 is 1.90 bits per heavy atom. The lowest BCUT2D eigenvalue weighted by Gasteiger charge is -2.01. The van der Waals surface area contributed by atoms with Crippen LogP contribution in [0.3, 0.4) is 0 Å². The predicted molar refractivity (Wildman–Crippen MR) is 77.9 cm³/mol. The molecule has 0 unspecified atom stereocenters. The van der Waals surface area contributed by atoms with Crippen molar-refractivity contribution in [3.05, 3.63) is 65.0 Å². The Labute approximate surface area is 119 Å². The fraction of sp³-hybridized carbons (Fsp3) is 0. The van der Waals surface area contributed by atoms with E-state index >= 15 is 0 Å². The molecule has 1 aromatic carbocycles. The summed E-state index contributed by atoms with van der Waals surface area (Å²) >= 11 is 0. The van der Waals surface area contributed by atoms with Crippen LogP contribution in [0.4, 0.5) is 11.5 Å². The van der Waals surface area contributed by atoms with Crippen molar-refractivity contribution in [3.63, 3.8) is 0 Å². The highest BCUT2D eigenvalue weighted by atomic mass is 16.6. The highest BCUT2D eigenvalue weighted by molar-refractivity contribution is 5.62. The third-order valence-corrected chi connectivity index (χ3v) is 2.95. The highest BCUT2D eigenvalue weighted by Crippen LogP contribution is 2.21. The summed E-state index contributed by atoms with van der Waals surface area (Å²) < 4.78 is 1.46. The van der Waals surface area contributed by atoms with Crippen molar-refractivity contribution in [1.82, 2.24) is 14.8 Å². The van der Waals surface area contributed by atoms with Crippen LogP contribution in [0, 0.1) is 10.1 Å². The van der Waals surface area contributed by atoms with Crippen LogP contribution < -0.4 is 5.73 Å². The quantitative estimate of drug-likeness (QED) is 0.587. The number of pyridine rings is 1. The van der Waals surface area contributed by atoms with Gasteiger partial charge in [0.05, 0.1) is 23.3 Å². The second kappa shape index (κ2) is 5.04. The second-order valence-corrected chi connectivity index (χ2v) is 4.41. The van der Waals surface area contributed by atoms with E-state index in [0.717, 1.165) is 11.1 Å². The lowest BCUT2D eigenvalue weighted by molar-refractivity contribution is -0.384. The third kappa shape index (κ3) is 2.57. The van der Waals surface area contributed by atoms with Gasteiger partial charge in [0.2, 0.25) is 0 Å². The van der Waals surface area contributed by atoms with Crippen molar-refractivity contribution in [1.29, 1.82) is 0 Å². The molecule has 2 N–H and O–H groups in total. The van der Waals surface area contributed by atoms with E-state index in [9.17, 15) is 10.1 Å². The molecule has 0 spiro atoms. The average molecular weight is 281 g/mol. The maximum absolute atomic E-state index is 10.9. The monoisotopic (exact) mass is 281 g/mol. The Balaban J connectivity index is 2.02. The molecule has 0 aliphatic heterocycles. The first kappa shape index (κ1) is 12.8. The lowest BCUT2D eigenvalue weighted by atomic mass is 10.1. The van der Waals surface area contributed by atoms with Gasteiger partial charge in [-0.3, -0.25) is 10.1 Å². The molecule has 0 aliphatic rings. The van der Waals surface area contributed by atoms with E-state index in [0.29, 0.717) is 5.82 Å². The van der Waals surface area contributed by atoms with E-state index in [2.05, 4.69) is 10.1 Å². The normalized spacial score (nSPS) is 10.5.